The first-order valence-electron chi connectivity index (χ1n) is 3.37. The summed E-state index contributed by atoms with van der Waals surface area (Å²) in [5.74, 6) is 0. The quantitative estimate of drug-likeness (QED) is 0.593. The summed E-state index contributed by atoms with van der Waals surface area (Å²) in [6.45, 7) is 6.07. The van der Waals surface area contributed by atoms with Gasteiger partial charge in [-0.15, -0.1) is 0 Å². The van der Waals surface area contributed by atoms with Crippen LogP contribution < -0.4 is 0 Å². The van der Waals surface area contributed by atoms with Gasteiger partial charge in [0.15, 0.2) is 0 Å². The molecule has 0 aromatic heterocycles. The molecule has 1 nitrogen and oxygen atoms in total. The van der Waals surface area contributed by atoms with Gasteiger partial charge in [0, 0.05) is 12.1 Å². The molecule has 0 atom stereocenters. The number of methoxy groups -OCH3 is 1. The van der Waals surface area contributed by atoms with Crippen molar-refractivity contribution in [3.8, 4) is 0 Å². The van der Waals surface area contributed by atoms with Crippen LogP contribution in [0.15, 0.2) is 35.4 Å². The van der Waals surface area contributed by atoms with Gasteiger partial charge in [0.1, 0.15) is 0 Å². The second-order valence-electron chi connectivity index (χ2n) is 2.10. The fourth-order valence-corrected chi connectivity index (χ4v) is 0.860. The molecule has 0 aliphatic carbocycles. The van der Waals surface area contributed by atoms with E-state index in [0.29, 0.717) is 11.6 Å². The maximum Gasteiger partial charge on any atom is 0.0713 e. The molecule has 0 fully saturated rings. The fourth-order valence-electron chi connectivity index (χ4n) is 0.720. The fraction of sp³-hybridized carbons (Fsp3) is 0.333. The predicted octanol–water partition coefficient (Wildman–Crippen LogP) is 2.89. The first kappa shape index (κ1) is 10.5. The van der Waals surface area contributed by atoms with E-state index < -0.39 is 0 Å². The first-order valence-corrected chi connectivity index (χ1v) is 3.75. The highest BCUT2D eigenvalue weighted by Gasteiger charge is 1.90. The van der Waals surface area contributed by atoms with Gasteiger partial charge in [-0.25, -0.2) is 0 Å². The summed E-state index contributed by atoms with van der Waals surface area (Å²) in [6.07, 6.45) is 5.66. The van der Waals surface area contributed by atoms with Gasteiger partial charge >= 0.3 is 0 Å². The number of hydrogen-bond acceptors (Lipinski definition) is 1. The zero-order valence-electron chi connectivity index (χ0n) is 6.93. The van der Waals surface area contributed by atoms with Crippen molar-refractivity contribution in [2.75, 3.05) is 13.7 Å². The highest BCUT2D eigenvalue weighted by Crippen LogP contribution is 2.06. The molecule has 2 heteroatoms. The molecule has 0 amide bonds. The van der Waals surface area contributed by atoms with Crippen molar-refractivity contribution >= 4 is 11.6 Å². The molecule has 0 saturated heterocycles. The number of allylic oxidation sites excluding steroid dienone is 3. The van der Waals surface area contributed by atoms with Crippen LogP contribution in [-0.4, -0.2) is 13.7 Å². The van der Waals surface area contributed by atoms with Crippen molar-refractivity contribution in [2.24, 2.45) is 0 Å². The molecule has 0 aromatic carbocycles. The van der Waals surface area contributed by atoms with Gasteiger partial charge in [-0.2, -0.15) is 0 Å². The molecule has 0 radical (unpaired) electrons. The average Bonchev–Trinajstić information content (AvgIpc) is 1.87. The predicted molar refractivity (Wildman–Crippen MR) is 49.8 cm³/mol. The molecule has 0 N–H and O–H groups in total. The summed E-state index contributed by atoms with van der Waals surface area (Å²) >= 11 is 5.58. The Hall–Kier alpha value is -0.530. The van der Waals surface area contributed by atoms with Crippen LogP contribution in [0.25, 0.3) is 0 Å². The molecule has 0 aliphatic heterocycles. The van der Waals surface area contributed by atoms with E-state index in [9.17, 15) is 0 Å². The summed E-state index contributed by atoms with van der Waals surface area (Å²) in [7, 11) is 1.65. The molecule has 0 unspecified atom stereocenters. The summed E-state index contributed by atoms with van der Waals surface area (Å²) in [5, 5.41) is 0.523. The Morgan fingerprint density at radius 3 is 2.64 bits per heavy atom. The summed E-state index contributed by atoms with van der Waals surface area (Å²) in [5.41, 5.74) is 1.02. The summed E-state index contributed by atoms with van der Waals surface area (Å²) in [4.78, 5) is 0. The molecule has 0 rings (SSSR count). The maximum atomic E-state index is 5.58. The molecule has 62 valence electrons. The normalized spacial score (nSPS) is 12.5. The third-order valence-corrected chi connectivity index (χ3v) is 1.14. The van der Waals surface area contributed by atoms with Crippen LogP contribution in [-0.2, 0) is 4.74 Å². The van der Waals surface area contributed by atoms with E-state index in [1.54, 1.807) is 13.2 Å². The van der Waals surface area contributed by atoms with Crippen LogP contribution in [0.1, 0.15) is 6.92 Å². The van der Waals surface area contributed by atoms with Gasteiger partial charge < -0.3 is 4.74 Å². The van der Waals surface area contributed by atoms with Gasteiger partial charge in [0.2, 0.25) is 0 Å². The Labute approximate surface area is 73.0 Å². The van der Waals surface area contributed by atoms with Gasteiger partial charge in [0.05, 0.1) is 6.61 Å². The summed E-state index contributed by atoms with van der Waals surface area (Å²) < 4.78 is 4.94. The highest BCUT2D eigenvalue weighted by molar-refractivity contribution is 6.30. The zero-order chi connectivity index (χ0) is 8.69. The Kier molecular flexibility index (Phi) is 5.90. The SMILES string of the molecule is C=C(Cl)/C=C(\C=C/C)COC. The molecule has 0 heterocycles. The summed E-state index contributed by atoms with van der Waals surface area (Å²) in [6, 6.07) is 0. The van der Waals surface area contributed by atoms with Crippen LogP contribution in [0.2, 0.25) is 0 Å². The average molecular weight is 173 g/mol. The van der Waals surface area contributed by atoms with Gasteiger partial charge in [-0.05, 0) is 18.6 Å². The van der Waals surface area contributed by atoms with E-state index >= 15 is 0 Å². The van der Waals surface area contributed by atoms with Gasteiger partial charge in [-0.3, -0.25) is 0 Å². The van der Waals surface area contributed by atoms with E-state index in [1.165, 1.54) is 0 Å². The molecule has 0 aromatic rings. The Bertz CT molecular complexity index is 180. The van der Waals surface area contributed by atoms with Crippen LogP contribution >= 0.6 is 11.6 Å². The van der Waals surface area contributed by atoms with E-state index in [0.717, 1.165) is 5.57 Å². The minimum Gasteiger partial charge on any atom is -0.380 e. The third kappa shape index (κ3) is 5.89. The van der Waals surface area contributed by atoms with Crippen LogP contribution in [0.3, 0.4) is 0 Å². The maximum absolute atomic E-state index is 5.58. The molecular weight excluding hydrogens is 160 g/mol. The largest absolute Gasteiger partial charge is 0.380 e. The standard InChI is InChI=1S/C9H13ClO/c1-4-5-9(7-11-3)6-8(2)10/h4-6H,2,7H2,1,3H3/b5-4-,9-6+. The van der Waals surface area contributed by atoms with Gasteiger partial charge in [-0.1, -0.05) is 30.3 Å². The second-order valence-corrected chi connectivity index (χ2v) is 2.58. The number of halogens is 1. The lowest BCUT2D eigenvalue weighted by Crippen LogP contribution is -1.90. The van der Waals surface area contributed by atoms with Crippen molar-refractivity contribution < 1.29 is 4.74 Å². The van der Waals surface area contributed by atoms with Crippen LogP contribution in [0.4, 0.5) is 0 Å². The van der Waals surface area contributed by atoms with Crippen LogP contribution in [0, 0.1) is 0 Å². The number of rotatable bonds is 4. The first-order chi connectivity index (χ1) is 5.20. The Balaban J connectivity index is 4.19. The lowest BCUT2D eigenvalue weighted by atomic mass is 10.2. The lowest BCUT2D eigenvalue weighted by Gasteiger charge is -1.98. The molecule has 11 heavy (non-hydrogen) atoms. The highest BCUT2D eigenvalue weighted by atomic mass is 35.5. The third-order valence-electron chi connectivity index (χ3n) is 1.03. The van der Waals surface area contributed by atoms with Crippen molar-refractivity contribution in [2.45, 2.75) is 6.92 Å². The van der Waals surface area contributed by atoms with E-state index in [4.69, 9.17) is 16.3 Å². The molecule has 0 saturated carbocycles. The molecular formula is C9H13ClO. The minimum atomic E-state index is 0.523. The minimum absolute atomic E-state index is 0.523. The number of hydrogen-bond donors (Lipinski definition) is 0. The van der Waals surface area contributed by atoms with Crippen molar-refractivity contribution in [1.82, 2.24) is 0 Å². The Morgan fingerprint density at radius 1 is 1.64 bits per heavy atom. The van der Waals surface area contributed by atoms with Crippen molar-refractivity contribution in [3.05, 3.63) is 35.4 Å². The van der Waals surface area contributed by atoms with Gasteiger partial charge in [0.25, 0.3) is 0 Å². The van der Waals surface area contributed by atoms with E-state index in [2.05, 4.69) is 6.58 Å². The lowest BCUT2D eigenvalue weighted by molar-refractivity contribution is 0.228. The molecule has 0 bridgehead atoms. The zero-order valence-corrected chi connectivity index (χ0v) is 7.69. The van der Waals surface area contributed by atoms with E-state index in [1.807, 2.05) is 19.1 Å². The second kappa shape index (κ2) is 6.20. The molecule has 0 aliphatic rings. The van der Waals surface area contributed by atoms with Crippen molar-refractivity contribution in [1.29, 1.82) is 0 Å². The molecule has 0 spiro atoms. The topological polar surface area (TPSA) is 9.23 Å². The smallest absolute Gasteiger partial charge is 0.0713 e. The number of ether oxygens (including phenoxy) is 1. The van der Waals surface area contributed by atoms with Crippen molar-refractivity contribution in [3.63, 3.8) is 0 Å². The van der Waals surface area contributed by atoms with E-state index in [-0.39, 0.29) is 0 Å². The Morgan fingerprint density at radius 2 is 2.27 bits per heavy atom. The monoisotopic (exact) mass is 172 g/mol. The van der Waals surface area contributed by atoms with Crippen LogP contribution in [0.5, 0.6) is 0 Å².